The van der Waals surface area contributed by atoms with Gasteiger partial charge in [-0.3, -0.25) is 0 Å². The van der Waals surface area contributed by atoms with Gasteiger partial charge in [0.05, 0.1) is 0 Å². The van der Waals surface area contributed by atoms with Crippen molar-refractivity contribution < 1.29 is 4.74 Å². The molecule has 72 valence electrons. The van der Waals surface area contributed by atoms with E-state index >= 15 is 0 Å². The van der Waals surface area contributed by atoms with Crippen LogP contribution in [0, 0.1) is 11.3 Å². The van der Waals surface area contributed by atoms with Crippen molar-refractivity contribution in [3.8, 4) is 0 Å². The summed E-state index contributed by atoms with van der Waals surface area (Å²) >= 11 is 0. The Labute approximate surface area is 75.7 Å². The molecule has 1 aliphatic rings. The van der Waals surface area contributed by atoms with Gasteiger partial charge in [-0.25, -0.2) is 0 Å². The van der Waals surface area contributed by atoms with Gasteiger partial charge in [0.25, 0.3) is 0 Å². The van der Waals surface area contributed by atoms with Crippen LogP contribution in [-0.2, 0) is 4.74 Å². The molecule has 0 bridgehead atoms. The van der Waals surface area contributed by atoms with Crippen LogP contribution >= 0.6 is 0 Å². The molecular formula is C10H21NO. The van der Waals surface area contributed by atoms with Crippen molar-refractivity contribution in [3.05, 3.63) is 0 Å². The number of rotatable bonds is 6. The van der Waals surface area contributed by atoms with Crippen LogP contribution in [0.15, 0.2) is 0 Å². The molecule has 0 heterocycles. The summed E-state index contributed by atoms with van der Waals surface area (Å²) < 4.78 is 4.97. The fraction of sp³-hybridized carbons (Fsp3) is 1.00. The van der Waals surface area contributed by atoms with Crippen LogP contribution in [0.3, 0.4) is 0 Å². The largest absolute Gasteiger partial charge is 0.385 e. The Morgan fingerprint density at radius 2 is 2.17 bits per heavy atom. The first-order valence-corrected chi connectivity index (χ1v) is 4.86. The van der Waals surface area contributed by atoms with Crippen LogP contribution in [-0.4, -0.2) is 26.8 Å². The summed E-state index contributed by atoms with van der Waals surface area (Å²) in [6.45, 7) is 7.85. The summed E-state index contributed by atoms with van der Waals surface area (Å²) in [5.74, 6) is 0.917. The topological polar surface area (TPSA) is 21.3 Å². The van der Waals surface area contributed by atoms with Crippen molar-refractivity contribution in [3.63, 3.8) is 0 Å². The maximum Gasteiger partial charge on any atom is 0.0474 e. The minimum Gasteiger partial charge on any atom is -0.385 e. The van der Waals surface area contributed by atoms with E-state index in [1.807, 2.05) is 0 Å². The van der Waals surface area contributed by atoms with Crippen molar-refractivity contribution in [1.29, 1.82) is 0 Å². The molecule has 2 nitrogen and oxygen atoms in total. The van der Waals surface area contributed by atoms with Crippen LogP contribution in [0.1, 0.15) is 26.7 Å². The number of methoxy groups -OCH3 is 1. The first-order chi connectivity index (χ1) is 5.67. The van der Waals surface area contributed by atoms with Gasteiger partial charge in [-0.05, 0) is 37.3 Å². The summed E-state index contributed by atoms with van der Waals surface area (Å²) in [5.41, 5.74) is 0.619. The Morgan fingerprint density at radius 3 is 2.67 bits per heavy atom. The predicted molar refractivity (Wildman–Crippen MR) is 51.3 cm³/mol. The van der Waals surface area contributed by atoms with Gasteiger partial charge in [-0.15, -0.1) is 0 Å². The van der Waals surface area contributed by atoms with Crippen LogP contribution in [0.5, 0.6) is 0 Å². The maximum atomic E-state index is 4.97. The van der Waals surface area contributed by atoms with Crippen LogP contribution < -0.4 is 5.32 Å². The third-order valence-electron chi connectivity index (χ3n) is 2.81. The number of nitrogens with one attached hydrogen (secondary N) is 1. The summed E-state index contributed by atoms with van der Waals surface area (Å²) in [6.07, 6.45) is 2.52. The highest BCUT2D eigenvalue weighted by Crippen LogP contribution is 2.50. The molecule has 0 spiro atoms. The highest BCUT2D eigenvalue weighted by molar-refractivity contribution is 4.95. The van der Waals surface area contributed by atoms with Gasteiger partial charge < -0.3 is 10.1 Å². The lowest BCUT2D eigenvalue weighted by atomic mass is 10.1. The molecule has 0 amide bonds. The minimum absolute atomic E-state index is 0.619. The molecule has 0 aromatic carbocycles. The fourth-order valence-electron chi connectivity index (χ4n) is 1.54. The number of hydrogen-bond donors (Lipinski definition) is 1. The third kappa shape index (κ3) is 3.11. The van der Waals surface area contributed by atoms with Crippen LogP contribution in [0.2, 0.25) is 0 Å². The van der Waals surface area contributed by atoms with Crippen LogP contribution in [0.25, 0.3) is 0 Å². The molecule has 0 saturated heterocycles. The van der Waals surface area contributed by atoms with Crippen molar-refractivity contribution in [1.82, 2.24) is 5.32 Å². The summed E-state index contributed by atoms with van der Waals surface area (Å²) in [4.78, 5) is 0. The summed E-state index contributed by atoms with van der Waals surface area (Å²) in [6, 6.07) is 0. The average Bonchev–Trinajstić information content (AvgIpc) is 2.59. The zero-order valence-electron chi connectivity index (χ0n) is 8.52. The second-order valence-corrected chi connectivity index (χ2v) is 4.44. The predicted octanol–water partition coefficient (Wildman–Crippen LogP) is 1.66. The highest BCUT2D eigenvalue weighted by Gasteiger charge is 2.44. The zero-order valence-corrected chi connectivity index (χ0v) is 8.52. The van der Waals surface area contributed by atoms with Gasteiger partial charge in [0.15, 0.2) is 0 Å². The van der Waals surface area contributed by atoms with Crippen molar-refractivity contribution in [2.45, 2.75) is 26.7 Å². The lowest BCUT2D eigenvalue weighted by molar-refractivity contribution is 0.194. The van der Waals surface area contributed by atoms with Gasteiger partial charge in [0, 0.05) is 13.7 Å². The minimum atomic E-state index is 0.619. The zero-order chi connectivity index (χ0) is 9.03. The Hall–Kier alpha value is -0.0800. The van der Waals surface area contributed by atoms with E-state index in [2.05, 4.69) is 19.2 Å². The van der Waals surface area contributed by atoms with E-state index in [0.29, 0.717) is 5.41 Å². The summed E-state index contributed by atoms with van der Waals surface area (Å²) in [5, 5.41) is 3.46. The molecule has 1 fully saturated rings. The van der Waals surface area contributed by atoms with E-state index in [9.17, 15) is 0 Å². The molecule has 0 aliphatic heterocycles. The standard InChI is InChI=1S/C10H21NO/c1-10(2)7-9(10)8-11-5-4-6-12-3/h9,11H,4-8H2,1-3H3. The number of ether oxygens (including phenoxy) is 1. The molecule has 2 heteroatoms. The van der Waals surface area contributed by atoms with Crippen LogP contribution in [0.4, 0.5) is 0 Å². The second-order valence-electron chi connectivity index (χ2n) is 4.44. The Kier molecular flexibility index (Phi) is 3.53. The van der Waals surface area contributed by atoms with Gasteiger partial charge in [0.2, 0.25) is 0 Å². The van der Waals surface area contributed by atoms with Gasteiger partial charge in [-0.2, -0.15) is 0 Å². The lowest BCUT2D eigenvalue weighted by Gasteiger charge is -2.05. The van der Waals surface area contributed by atoms with E-state index in [1.165, 1.54) is 13.0 Å². The smallest absolute Gasteiger partial charge is 0.0474 e. The molecule has 0 aromatic heterocycles. The van der Waals surface area contributed by atoms with Crippen molar-refractivity contribution >= 4 is 0 Å². The van der Waals surface area contributed by atoms with Gasteiger partial charge in [0.1, 0.15) is 0 Å². The summed E-state index contributed by atoms with van der Waals surface area (Å²) in [7, 11) is 1.75. The third-order valence-corrected chi connectivity index (χ3v) is 2.81. The first kappa shape index (κ1) is 10.0. The molecule has 0 aromatic rings. The molecule has 1 saturated carbocycles. The second kappa shape index (κ2) is 4.24. The molecule has 12 heavy (non-hydrogen) atoms. The molecule has 1 atom stereocenters. The average molecular weight is 171 g/mol. The normalized spacial score (nSPS) is 25.8. The highest BCUT2D eigenvalue weighted by atomic mass is 16.5. The molecule has 0 radical (unpaired) electrons. The SMILES string of the molecule is COCCCNCC1CC1(C)C. The first-order valence-electron chi connectivity index (χ1n) is 4.86. The fourth-order valence-corrected chi connectivity index (χ4v) is 1.54. The Balaban J connectivity index is 1.85. The molecule has 1 aliphatic carbocycles. The van der Waals surface area contributed by atoms with Gasteiger partial charge in [-0.1, -0.05) is 13.8 Å². The van der Waals surface area contributed by atoms with E-state index in [1.54, 1.807) is 7.11 Å². The monoisotopic (exact) mass is 171 g/mol. The van der Waals surface area contributed by atoms with Crippen molar-refractivity contribution in [2.75, 3.05) is 26.8 Å². The Morgan fingerprint density at radius 1 is 1.50 bits per heavy atom. The Bertz CT molecular complexity index is 134. The van der Waals surface area contributed by atoms with Gasteiger partial charge >= 0.3 is 0 Å². The van der Waals surface area contributed by atoms with Crippen molar-refractivity contribution in [2.24, 2.45) is 11.3 Å². The quantitative estimate of drug-likeness (QED) is 0.614. The lowest BCUT2D eigenvalue weighted by Crippen LogP contribution is -2.20. The molecular weight excluding hydrogens is 150 g/mol. The molecule has 1 rings (SSSR count). The molecule has 1 N–H and O–H groups in total. The van der Waals surface area contributed by atoms with E-state index in [0.717, 1.165) is 25.5 Å². The van der Waals surface area contributed by atoms with E-state index < -0.39 is 0 Å². The maximum absolute atomic E-state index is 4.97. The molecule has 1 unspecified atom stereocenters. The van der Waals surface area contributed by atoms with E-state index in [4.69, 9.17) is 4.74 Å². The van der Waals surface area contributed by atoms with E-state index in [-0.39, 0.29) is 0 Å². The number of hydrogen-bond acceptors (Lipinski definition) is 2.